The monoisotopic (exact) mass is 236 g/mol. The summed E-state index contributed by atoms with van der Waals surface area (Å²) < 4.78 is 0. The molecule has 1 fully saturated rings. The fraction of sp³-hybridized carbons (Fsp3) is 0.500. The lowest BCUT2D eigenvalue weighted by molar-refractivity contribution is 0.0958. The quantitative estimate of drug-likeness (QED) is 0.788. The number of thiophene rings is 1. The van der Waals surface area contributed by atoms with Gasteiger partial charge in [0.15, 0.2) is 0 Å². The molecule has 16 heavy (non-hydrogen) atoms. The molecule has 1 aromatic rings. The Morgan fingerprint density at radius 1 is 1.56 bits per heavy atom. The first kappa shape index (κ1) is 11.3. The van der Waals surface area contributed by atoms with Gasteiger partial charge in [0.1, 0.15) is 0 Å². The number of amides is 1. The summed E-state index contributed by atoms with van der Waals surface area (Å²) >= 11 is 1.44. The molecule has 0 aromatic carbocycles. The van der Waals surface area contributed by atoms with Gasteiger partial charge in [0.2, 0.25) is 0 Å². The van der Waals surface area contributed by atoms with Crippen molar-refractivity contribution in [3.05, 3.63) is 22.4 Å². The predicted octanol–water partition coefficient (Wildman–Crippen LogP) is 3.04. The third-order valence-corrected chi connectivity index (χ3v) is 3.80. The molecule has 0 bridgehead atoms. The van der Waals surface area contributed by atoms with Gasteiger partial charge in [-0.25, -0.2) is 5.43 Å². The lowest BCUT2D eigenvalue weighted by atomic mass is 9.89. The van der Waals surface area contributed by atoms with Crippen molar-refractivity contribution in [3.63, 3.8) is 0 Å². The average Bonchev–Trinajstić information content (AvgIpc) is 2.81. The summed E-state index contributed by atoms with van der Waals surface area (Å²) in [5, 5.41) is 6.14. The third kappa shape index (κ3) is 2.70. The van der Waals surface area contributed by atoms with E-state index in [-0.39, 0.29) is 5.91 Å². The predicted molar refractivity (Wildman–Crippen MR) is 66.9 cm³/mol. The van der Waals surface area contributed by atoms with E-state index >= 15 is 0 Å². The van der Waals surface area contributed by atoms with Crippen LogP contribution in [0.15, 0.2) is 22.6 Å². The van der Waals surface area contributed by atoms with Crippen molar-refractivity contribution in [2.75, 3.05) is 0 Å². The Bertz CT molecular complexity index is 384. The molecule has 0 aliphatic heterocycles. The summed E-state index contributed by atoms with van der Waals surface area (Å²) in [5.74, 6) is 0.414. The largest absolute Gasteiger partial charge is 0.281 e. The number of hydrogen-bond acceptors (Lipinski definition) is 3. The van der Waals surface area contributed by atoms with Gasteiger partial charge < -0.3 is 0 Å². The number of carbonyl (C=O) groups excluding carboxylic acids is 1. The summed E-state index contributed by atoms with van der Waals surface area (Å²) in [6.07, 6.45) is 4.68. The van der Waals surface area contributed by atoms with E-state index in [4.69, 9.17) is 0 Å². The van der Waals surface area contributed by atoms with E-state index in [1.807, 2.05) is 17.5 Å². The van der Waals surface area contributed by atoms with Crippen molar-refractivity contribution in [1.29, 1.82) is 0 Å². The maximum Gasteiger partial charge on any atom is 0.281 e. The topological polar surface area (TPSA) is 41.5 Å². The smallest absolute Gasteiger partial charge is 0.266 e. The summed E-state index contributed by atoms with van der Waals surface area (Å²) in [6.45, 7) is 2.18. The fourth-order valence-corrected chi connectivity index (χ4v) is 2.53. The van der Waals surface area contributed by atoms with Gasteiger partial charge >= 0.3 is 0 Å². The molecule has 1 atom stereocenters. The SMILES string of the molecule is CC1CCCCC1=NNC(=O)c1cccs1. The van der Waals surface area contributed by atoms with E-state index in [0.717, 1.165) is 12.1 Å². The number of carbonyl (C=O) groups is 1. The highest BCUT2D eigenvalue weighted by Gasteiger charge is 2.16. The highest BCUT2D eigenvalue weighted by Crippen LogP contribution is 2.20. The molecule has 1 aromatic heterocycles. The van der Waals surface area contributed by atoms with Crippen LogP contribution in [0.25, 0.3) is 0 Å². The third-order valence-electron chi connectivity index (χ3n) is 2.93. The second-order valence-electron chi connectivity index (χ2n) is 4.17. The van der Waals surface area contributed by atoms with Gasteiger partial charge in [-0.2, -0.15) is 5.10 Å². The van der Waals surface area contributed by atoms with E-state index in [1.54, 1.807) is 0 Å². The molecule has 1 saturated carbocycles. The van der Waals surface area contributed by atoms with Gasteiger partial charge in [0.25, 0.3) is 5.91 Å². The van der Waals surface area contributed by atoms with Crippen molar-refractivity contribution in [3.8, 4) is 0 Å². The first-order valence-corrected chi connectivity index (χ1v) is 6.55. The van der Waals surface area contributed by atoms with Crippen LogP contribution in [0.5, 0.6) is 0 Å². The zero-order valence-electron chi connectivity index (χ0n) is 9.40. The molecule has 1 heterocycles. The second kappa shape index (κ2) is 5.25. The van der Waals surface area contributed by atoms with Crippen LogP contribution in [0.2, 0.25) is 0 Å². The Hall–Kier alpha value is -1.16. The van der Waals surface area contributed by atoms with Crippen LogP contribution in [0.3, 0.4) is 0 Å². The maximum atomic E-state index is 11.6. The van der Waals surface area contributed by atoms with Gasteiger partial charge in [-0.1, -0.05) is 19.4 Å². The minimum atomic E-state index is -0.0970. The Morgan fingerprint density at radius 3 is 3.12 bits per heavy atom. The van der Waals surface area contributed by atoms with Gasteiger partial charge in [0.05, 0.1) is 4.88 Å². The molecule has 0 saturated heterocycles. The molecule has 3 nitrogen and oxygen atoms in total. The summed E-state index contributed by atoms with van der Waals surface area (Å²) in [4.78, 5) is 12.4. The van der Waals surface area contributed by atoms with Gasteiger partial charge in [-0.15, -0.1) is 11.3 Å². The number of rotatable bonds is 2. The lowest BCUT2D eigenvalue weighted by Gasteiger charge is -2.19. The summed E-state index contributed by atoms with van der Waals surface area (Å²) in [5.41, 5.74) is 3.78. The zero-order valence-corrected chi connectivity index (χ0v) is 10.2. The van der Waals surface area contributed by atoms with E-state index < -0.39 is 0 Å². The van der Waals surface area contributed by atoms with Crippen molar-refractivity contribution >= 4 is 23.0 Å². The van der Waals surface area contributed by atoms with Crippen LogP contribution in [0.1, 0.15) is 42.3 Å². The van der Waals surface area contributed by atoms with Crippen molar-refractivity contribution < 1.29 is 4.79 Å². The summed E-state index contributed by atoms with van der Waals surface area (Å²) in [6, 6.07) is 3.68. The average molecular weight is 236 g/mol. The molecule has 0 radical (unpaired) electrons. The molecule has 1 amide bonds. The second-order valence-corrected chi connectivity index (χ2v) is 5.12. The van der Waals surface area contributed by atoms with Gasteiger partial charge in [-0.05, 0) is 36.6 Å². The van der Waals surface area contributed by atoms with Crippen LogP contribution in [0, 0.1) is 5.92 Å². The molecular formula is C12H16N2OS. The van der Waals surface area contributed by atoms with Gasteiger partial charge in [0, 0.05) is 5.71 Å². The molecule has 4 heteroatoms. The highest BCUT2D eigenvalue weighted by atomic mass is 32.1. The molecule has 86 valence electrons. The number of nitrogens with one attached hydrogen (secondary N) is 1. The Balaban J connectivity index is 1.95. The van der Waals surface area contributed by atoms with Crippen molar-refractivity contribution in [1.82, 2.24) is 5.43 Å². The lowest BCUT2D eigenvalue weighted by Crippen LogP contribution is -2.23. The fourth-order valence-electron chi connectivity index (χ4n) is 1.92. The van der Waals surface area contributed by atoms with Crippen LogP contribution in [-0.4, -0.2) is 11.6 Å². The van der Waals surface area contributed by atoms with Crippen LogP contribution in [-0.2, 0) is 0 Å². The number of nitrogens with zero attached hydrogens (tertiary/aromatic N) is 1. The van der Waals surface area contributed by atoms with Crippen molar-refractivity contribution in [2.45, 2.75) is 32.6 Å². The van der Waals surface area contributed by atoms with E-state index in [2.05, 4.69) is 17.5 Å². The number of hydrazone groups is 1. The molecular weight excluding hydrogens is 220 g/mol. The molecule has 1 aliphatic rings. The molecule has 1 unspecified atom stereocenters. The molecule has 1 aliphatic carbocycles. The highest BCUT2D eigenvalue weighted by molar-refractivity contribution is 7.12. The normalized spacial score (nSPS) is 23.3. The Kier molecular flexibility index (Phi) is 3.72. The van der Waals surface area contributed by atoms with E-state index in [0.29, 0.717) is 10.8 Å². The number of hydrogen-bond donors (Lipinski definition) is 1. The Morgan fingerprint density at radius 2 is 2.44 bits per heavy atom. The first-order valence-electron chi connectivity index (χ1n) is 5.67. The van der Waals surface area contributed by atoms with Crippen molar-refractivity contribution in [2.24, 2.45) is 11.0 Å². The molecule has 1 N–H and O–H groups in total. The van der Waals surface area contributed by atoms with Gasteiger partial charge in [-0.3, -0.25) is 4.79 Å². The first-order chi connectivity index (χ1) is 7.77. The molecule has 2 rings (SSSR count). The maximum absolute atomic E-state index is 11.6. The van der Waals surface area contributed by atoms with E-state index in [1.165, 1.54) is 30.6 Å². The van der Waals surface area contributed by atoms with Crippen LogP contribution in [0.4, 0.5) is 0 Å². The minimum Gasteiger partial charge on any atom is -0.266 e. The molecule has 0 spiro atoms. The zero-order chi connectivity index (χ0) is 11.4. The minimum absolute atomic E-state index is 0.0970. The van der Waals surface area contributed by atoms with E-state index in [9.17, 15) is 4.79 Å². The Labute approximate surface area is 99.6 Å². The standard InChI is InChI=1S/C12H16N2OS/c1-9-5-2-3-6-10(9)13-14-12(15)11-7-4-8-16-11/h4,7-9H,2-3,5-6H2,1H3,(H,14,15). The summed E-state index contributed by atoms with van der Waals surface area (Å²) in [7, 11) is 0. The van der Waals surface area contributed by atoms with Crippen LogP contribution >= 0.6 is 11.3 Å². The van der Waals surface area contributed by atoms with Crippen LogP contribution < -0.4 is 5.43 Å².